The van der Waals surface area contributed by atoms with Crippen molar-refractivity contribution in [2.75, 3.05) is 18.5 Å². The van der Waals surface area contributed by atoms with Crippen LogP contribution in [0.15, 0.2) is 41.3 Å². The van der Waals surface area contributed by atoms with Crippen LogP contribution in [0.3, 0.4) is 0 Å². The molecule has 1 heterocycles. The summed E-state index contributed by atoms with van der Waals surface area (Å²) in [5.41, 5.74) is 0.118. The number of carbonyl (C=O) groups is 2. The summed E-state index contributed by atoms with van der Waals surface area (Å²) in [6, 6.07) is 8.57. The number of para-hydroxylation sites is 1. The first-order valence-corrected chi connectivity index (χ1v) is 10.8. The largest absolute Gasteiger partial charge is 0.486 e. The highest BCUT2D eigenvalue weighted by Gasteiger charge is 2.31. The Balaban J connectivity index is 1.58. The van der Waals surface area contributed by atoms with Gasteiger partial charge in [0.15, 0.2) is 11.5 Å². The second kappa shape index (κ2) is 7.57. The van der Waals surface area contributed by atoms with Crippen molar-refractivity contribution in [1.82, 2.24) is 4.72 Å². The Bertz CT molecular complexity index is 1100. The molecule has 0 aromatic heterocycles. The summed E-state index contributed by atoms with van der Waals surface area (Å²) in [4.78, 5) is 24.4. The lowest BCUT2D eigenvalue weighted by Gasteiger charge is -2.20. The van der Waals surface area contributed by atoms with Crippen molar-refractivity contribution in [2.45, 2.75) is 17.7 Å². The van der Waals surface area contributed by atoms with Gasteiger partial charge in [-0.15, -0.1) is 0 Å². The summed E-state index contributed by atoms with van der Waals surface area (Å²) >= 11 is 6.12. The summed E-state index contributed by atoms with van der Waals surface area (Å²) in [5, 5.41) is 2.76. The third-order valence-electron chi connectivity index (χ3n) is 4.47. The first-order chi connectivity index (χ1) is 13.8. The van der Waals surface area contributed by atoms with Crippen LogP contribution in [0.25, 0.3) is 0 Å². The van der Waals surface area contributed by atoms with Gasteiger partial charge in [0.05, 0.1) is 10.7 Å². The number of nitrogens with one attached hydrogen (secondary N) is 2. The lowest BCUT2D eigenvalue weighted by Crippen LogP contribution is -2.31. The molecular weight excluding hydrogens is 420 g/mol. The minimum absolute atomic E-state index is 0.00215. The lowest BCUT2D eigenvalue weighted by molar-refractivity contribution is -0.117. The zero-order valence-corrected chi connectivity index (χ0v) is 16.7. The van der Waals surface area contributed by atoms with E-state index < -0.39 is 15.9 Å². The van der Waals surface area contributed by atoms with Crippen molar-refractivity contribution < 1.29 is 27.5 Å². The third kappa shape index (κ3) is 4.15. The van der Waals surface area contributed by atoms with E-state index >= 15 is 0 Å². The zero-order chi connectivity index (χ0) is 20.6. The van der Waals surface area contributed by atoms with E-state index in [0.29, 0.717) is 19.0 Å². The summed E-state index contributed by atoms with van der Waals surface area (Å²) in [7, 11) is -4.25. The highest BCUT2D eigenvalue weighted by molar-refractivity contribution is 7.90. The van der Waals surface area contributed by atoms with Crippen molar-refractivity contribution >= 4 is 39.1 Å². The normalized spacial score (nSPS) is 15.5. The number of benzene rings is 2. The first kappa shape index (κ1) is 19.5. The van der Waals surface area contributed by atoms with Gasteiger partial charge >= 0.3 is 0 Å². The van der Waals surface area contributed by atoms with Crippen LogP contribution in [-0.2, 0) is 14.8 Å². The van der Waals surface area contributed by atoms with E-state index in [0.717, 1.165) is 12.8 Å². The van der Waals surface area contributed by atoms with E-state index in [-0.39, 0.29) is 38.7 Å². The van der Waals surface area contributed by atoms with E-state index in [1.807, 2.05) is 4.72 Å². The standard InChI is InChI=1S/C19H17ClN2O6S/c20-13-9-12(10-15-17(13)28-8-7-27-15)19(24)22-29(25,26)16-4-2-1-3-14(16)21-18(23)11-5-6-11/h1-4,9-11H,5-8H2,(H,21,23)(H,22,24). The molecule has 0 spiro atoms. The monoisotopic (exact) mass is 436 g/mol. The zero-order valence-electron chi connectivity index (χ0n) is 15.1. The summed E-state index contributed by atoms with van der Waals surface area (Å²) in [5.74, 6) is -0.640. The molecule has 2 aromatic carbocycles. The van der Waals surface area contributed by atoms with Crippen molar-refractivity contribution in [3.8, 4) is 11.5 Å². The molecule has 2 N–H and O–H groups in total. The Morgan fingerprint density at radius 3 is 2.55 bits per heavy atom. The molecular formula is C19H17ClN2O6S. The third-order valence-corrected chi connectivity index (χ3v) is 6.14. The number of ether oxygens (including phenoxy) is 2. The maximum Gasteiger partial charge on any atom is 0.266 e. The second-order valence-electron chi connectivity index (χ2n) is 6.68. The molecule has 2 amide bonds. The average Bonchev–Trinajstić information content (AvgIpc) is 3.53. The number of fused-ring (bicyclic) bond motifs is 1. The Morgan fingerprint density at radius 2 is 1.79 bits per heavy atom. The number of rotatable bonds is 5. The molecule has 0 unspecified atom stereocenters. The molecule has 1 fully saturated rings. The molecule has 0 saturated heterocycles. The van der Waals surface area contributed by atoms with Crippen LogP contribution in [-0.4, -0.2) is 33.4 Å². The SMILES string of the molecule is O=C(NS(=O)(=O)c1ccccc1NC(=O)C1CC1)c1cc(Cl)c2c(c1)OCCO2. The lowest BCUT2D eigenvalue weighted by atomic mass is 10.2. The van der Waals surface area contributed by atoms with Crippen LogP contribution in [0.4, 0.5) is 5.69 Å². The molecule has 2 aromatic rings. The number of hydrogen-bond donors (Lipinski definition) is 2. The summed E-state index contributed by atoms with van der Waals surface area (Å²) in [6.45, 7) is 0.622. The fourth-order valence-electron chi connectivity index (χ4n) is 2.86. The molecule has 29 heavy (non-hydrogen) atoms. The van der Waals surface area contributed by atoms with Gasteiger partial charge in [-0.3, -0.25) is 9.59 Å². The minimum Gasteiger partial charge on any atom is -0.486 e. The average molecular weight is 437 g/mol. The quantitative estimate of drug-likeness (QED) is 0.745. The maximum atomic E-state index is 12.8. The molecule has 2 aliphatic rings. The number of carbonyl (C=O) groups excluding carboxylic acids is 2. The number of amides is 2. The van der Waals surface area contributed by atoms with Crippen LogP contribution in [0.2, 0.25) is 5.02 Å². The number of hydrogen-bond acceptors (Lipinski definition) is 6. The van der Waals surface area contributed by atoms with Crippen molar-refractivity contribution in [2.24, 2.45) is 5.92 Å². The van der Waals surface area contributed by atoms with E-state index in [1.54, 1.807) is 6.07 Å². The summed E-state index contributed by atoms with van der Waals surface area (Å²) < 4.78 is 38.4. The minimum atomic E-state index is -4.25. The Kier molecular flexibility index (Phi) is 5.10. The van der Waals surface area contributed by atoms with E-state index in [1.165, 1.54) is 30.3 Å². The van der Waals surface area contributed by atoms with E-state index in [2.05, 4.69) is 5.32 Å². The van der Waals surface area contributed by atoms with Gasteiger partial charge in [0.1, 0.15) is 18.1 Å². The van der Waals surface area contributed by atoms with Gasteiger partial charge in [0.25, 0.3) is 15.9 Å². The van der Waals surface area contributed by atoms with Crippen LogP contribution in [0.1, 0.15) is 23.2 Å². The van der Waals surface area contributed by atoms with Gasteiger partial charge < -0.3 is 14.8 Å². The predicted octanol–water partition coefficient (Wildman–Crippen LogP) is 2.58. The fourth-order valence-corrected chi connectivity index (χ4v) is 4.27. The smallest absolute Gasteiger partial charge is 0.266 e. The number of sulfonamides is 1. The predicted molar refractivity (Wildman–Crippen MR) is 105 cm³/mol. The Hall–Kier alpha value is -2.78. The van der Waals surface area contributed by atoms with Crippen molar-refractivity contribution in [1.29, 1.82) is 0 Å². The van der Waals surface area contributed by atoms with E-state index in [4.69, 9.17) is 21.1 Å². The molecule has 10 heteroatoms. The van der Waals surface area contributed by atoms with Crippen LogP contribution in [0, 0.1) is 5.92 Å². The van der Waals surface area contributed by atoms with Gasteiger partial charge in [-0.1, -0.05) is 23.7 Å². The Labute approximate surface area is 172 Å². The van der Waals surface area contributed by atoms with Gasteiger partial charge in [-0.2, -0.15) is 0 Å². The molecule has 1 saturated carbocycles. The van der Waals surface area contributed by atoms with E-state index in [9.17, 15) is 18.0 Å². The highest BCUT2D eigenvalue weighted by atomic mass is 35.5. The topological polar surface area (TPSA) is 111 Å². The Morgan fingerprint density at radius 1 is 1.07 bits per heavy atom. The summed E-state index contributed by atoms with van der Waals surface area (Å²) in [6.07, 6.45) is 1.56. The van der Waals surface area contributed by atoms with Gasteiger partial charge in [-0.25, -0.2) is 13.1 Å². The number of halogens is 1. The van der Waals surface area contributed by atoms with Gasteiger partial charge in [0, 0.05) is 11.5 Å². The molecule has 152 valence electrons. The molecule has 0 bridgehead atoms. The van der Waals surface area contributed by atoms with Crippen LogP contribution >= 0.6 is 11.6 Å². The van der Waals surface area contributed by atoms with Gasteiger partial charge in [-0.05, 0) is 37.1 Å². The molecule has 1 aliphatic heterocycles. The van der Waals surface area contributed by atoms with Crippen LogP contribution < -0.4 is 19.5 Å². The molecule has 1 aliphatic carbocycles. The molecule has 0 atom stereocenters. The highest BCUT2D eigenvalue weighted by Crippen LogP contribution is 2.38. The second-order valence-corrected chi connectivity index (χ2v) is 8.73. The fraction of sp³-hybridized carbons (Fsp3) is 0.263. The number of anilines is 1. The molecule has 4 rings (SSSR count). The van der Waals surface area contributed by atoms with Crippen molar-refractivity contribution in [3.63, 3.8) is 0 Å². The maximum absolute atomic E-state index is 12.8. The molecule has 8 nitrogen and oxygen atoms in total. The molecule has 0 radical (unpaired) electrons. The first-order valence-electron chi connectivity index (χ1n) is 8.91. The van der Waals surface area contributed by atoms with Crippen LogP contribution in [0.5, 0.6) is 11.5 Å². The van der Waals surface area contributed by atoms with Crippen molar-refractivity contribution in [3.05, 3.63) is 47.0 Å². The van der Waals surface area contributed by atoms with Gasteiger partial charge in [0.2, 0.25) is 5.91 Å².